The Morgan fingerprint density at radius 1 is 1.22 bits per heavy atom. The van der Waals surface area contributed by atoms with Crippen LogP contribution in [0.5, 0.6) is 11.5 Å². The van der Waals surface area contributed by atoms with Crippen molar-refractivity contribution in [3.63, 3.8) is 0 Å². The van der Waals surface area contributed by atoms with Crippen molar-refractivity contribution in [2.24, 2.45) is 5.92 Å². The zero-order valence-electron chi connectivity index (χ0n) is 16.3. The van der Waals surface area contributed by atoms with Crippen LogP contribution in [0.2, 0.25) is 0 Å². The van der Waals surface area contributed by atoms with Gasteiger partial charge in [-0.25, -0.2) is 5.43 Å². The Morgan fingerprint density at radius 2 is 2.00 bits per heavy atom. The summed E-state index contributed by atoms with van der Waals surface area (Å²) in [7, 11) is 0. The summed E-state index contributed by atoms with van der Waals surface area (Å²) in [6.07, 6.45) is 2.44. The van der Waals surface area contributed by atoms with E-state index in [9.17, 15) is 0 Å². The molecule has 6 heteroatoms. The van der Waals surface area contributed by atoms with Gasteiger partial charge in [0, 0.05) is 31.6 Å². The summed E-state index contributed by atoms with van der Waals surface area (Å²) in [5, 5.41) is 3.81. The van der Waals surface area contributed by atoms with Gasteiger partial charge in [0.15, 0.2) is 11.5 Å². The Morgan fingerprint density at radius 3 is 2.78 bits per heavy atom. The van der Waals surface area contributed by atoms with Crippen LogP contribution >= 0.6 is 0 Å². The van der Waals surface area contributed by atoms with Crippen molar-refractivity contribution < 1.29 is 9.47 Å². The molecule has 3 N–H and O–H groups in total. The van der Waals surface area contributed by atoms with Crippen LogP contribution in [0.4, 0.5) is 0 Å². The standard InChI is InChI=1S/C21H32N4O2/c1-15(2)14-25-7-5-18(6-8-25)22-12-17-13-23-24-21(17)16-3-4-19-20(11-16)27-10-9-26-19/h3-4,11,17-18,21-24H,1,5-10,12-14H2,2H3. The molecule has 3 aliphatic heterocycles. The topological polar surface area (TPSA) is 57.8 Å². The molecule has 148 valence electrons. The summed E-state index contributed by atoms with van der Waals surface area (Å²) in [6, 6.07) is 7.22. The van der Waals surface area contributed by atoms with Gasteiger partial charge >= 0.3 is 0 Å². The fourth-order valence-corrected chi connectivity index (χ4v) is 4.33. The smallest absolute Gasteiger partial charge is 0.161 e. The number of hydrazine groups is 1. The molecule has 6 nitrogen and oxygen atoms in total. The molecule has 0 radical (unpaired) electrons. The third kappa shape index (κ3) is 4.63. The lowest BCUT2D eigenvalue weighted by Gasteiger charge is -2.33. The molecule has 3 heterocycles. The first-order chi connectivity index (χ1) is 13.2. The maximum absolute atomic E-state index is 5.75. The first-order valence-electron chi connectivity index (χ1n) is 10.2. The highest BCUT2D eigenvalue weighted by Gasteiger charge is 2.30. The highest BCUT2D eigenvalue weighted by molar-refractivity contribution is 5.45. The van der Waals surface area contributed by atoms with E-state index in [4.69, 9.17) is 9.47 Å². The minimum absolute atomic E-state index is 0.289. The second kappa shape index (κ2) is 8.61. The molecular formula is C21H32N4O2. The highest BCUT2D eigenvalue weighted by atomic mass is 16.6. The number of fused-ring (bicyclic) bond motifs is 1. The first kappa shape index (κ1) is 18.7. The number of hydrogen-bond donors (Lipinski definition) is 3. The van der Waals surface area contributed by atoms with Crippen molar-refractivity contribution in [3.8, 4) is 11.5 Å². The van der Waals surface area contributed by atoms with Gasteiger partial charge < -0.3 is 14.8 Å². The number of rotatable bonds is 6. The van der Waals surface area contributed by atoms with Crippen molar-refractivity contribution in [2.75, 3.05) is 45.9 Å². The molecule has 0 aromatic heterocycles. The molecule has 0 bridgehead atoms. The van der Waals surface area contributed by atoms with E-state index in [0.29, 0.717) is 25.2 Å². The van der Waals surface area contributed by atoms with Gasteiger partial charge in [0.1, 0.15) is 13.2 Å². The molecular weight excluding hydrogens is 340 g/mol. The average molecular weight is 373 g/mol. The van der Waals surface area contributed by atoms with Crippen LogP contribution in [0.15, 0.2) is 30.4 Å². The third-order valence-corrected chi connectivity index (χ3v) is 5.77. The van der Waals surface area contributed by atoms with Crippen LogP contribution in [0.3, 0.4) is 0 Å². The Kier molecular flexibility index (Phi) is 5.98. The van der Waals surface area contributed by atoms with Gasteiger partial charge in [0.2, 0.25) is 0 Å². The van der Waals surface area contributed by atoms with E-state index in [-0.39, 0.29) is 6.04 Å². The lowest BCUT2D eigenvalue weighted by atomic mass is 9.93. The number of piperidine rings is 1. The molecule has 2 saturated heterocycles. The quantitative estimate of drug-likeness (QED) is 0.663. The van der Waals surface area contributed by atoms with E-state index in [1.165, 1.54) is 24.0 Å². The Labute approximate surface area is 162 Å². The maximum Gasteiger partial charge on any atom is 0.161 e. The SMILES string of the molecule is C=C(C)CN1CCC(NCC2CNNC2c2ccc3c(c2)OCCO3)CC1. The molecule has 0 spiro atoms. The Hall–Kier alpha value is -1.60. The third-order valence-electron chi connectivity index (χ3n) is 5.77. The first-order valence-corrected chi connectivity index (χ1v) is 10.2. The monoisotopic (exact) mass is 372 g/mol. The van der Waals surface area contributed by atoms with Gasteiger partial charge in [-0.15, -0.1) is 0 Å². The van der Waals surface area contributed by atoms with Crippen LogP contribution < -0.4 is 25.6 Å². The van der Waals surface area contributed by atoms with Crippen LogP contribution in [-0.2, 0) is 0 Å². The zero-order chi connectivity index (χ0) is 18.6. The molecule has 0 aliphatic carbocycles. The van der Waals surface area contributed by atoms with Crippen molar-refractivity contribution in [2.45, 2.75) is 31.8 Å². The number of nitrogens with one attached hydrogen (secondary N) is 3. The molecule has 2 fully saturated rings. The fourth-order valence-electron chi connectivity index (χ4n) is 4.33. The summed E-state index contributed by atoms with van der Waals surface area (Å²) >= 11 is 0. The predicted molar refractivity (Wildman–Crippen MR) is 107 cm³/mol. The minimum atomic E-state index is 0.289. The molecule has 1 aromatic rings. The molecule has 4 rings (SSSR count). The summed E-state index contributed by atoms with van der Waals surface area (Å²) in [5.74, 6) is 2.23. The minimum Gasteiger partial charge on any atom is -0.486 e. The van der Waals surface area contributed by atoms with Gasteiger partial charge in [-0.05, 0) is 50.6 Å². The van der Waals surface area contributed by atoms with Crippen molar-refractivity contribution >= 4 is 0 Å². The van der Waals surface area contributed by atoms with Crippen LogP contribution in [0.25, 0.3) is 0 Å². The van der Waals surface area contributed by atoms with E-state index in [2.05, 4.69) is 46.7 Å². The number of likely N-dealkylation sites (tertiary alicyclic amines) is 1. The average Bonchev–Trinajstić information content (AvgIpc) is 3.15. The molecule has 0 amide bonds. The van der Waals surface area contributed by atoms with Gasteiger partial charge in [-0.3, -0.25) is 10.3 Å². The van der Waals surface area contributed by atoms with Gasteiger partial charge in [0.05, 0.1) is 6.04 Å². The lowest BCUT2D eigenvalue weighted by molar-refractivity contribution is 0.171. The predicted octanol–water partition coefficient (Wildman–Crippen LogP) is 1.85. The number of benzene rings is 1. The van der Waals surface area contributed by atoms with Crippen molar-refractivity contribution in [1.82, 2.24) is 21.1 Å². The molecule has 2 atom stereocenters. The van der Waals surface area contributed by atoms with E-state index in [1.54, 1.807) is 0 Å². The summed E-state index contributed by atoms with van der Waals surface area (Å²) in [4.78, 5) is 2.51. The number of hydrogen-bond acceptors (Lipinski definition) is 6. The Balaban J connectivity index is 1.30. The zero-order valence-corrected chi connectivity index (χ0v) is 16.3. The van der Waals surface area contributed by atoms with Gasteiger partial charge in [-0.2, -0.15) is 0 Å². The molecule has 27 heavy (non-hydrogen) atoms. The molecule has 2 unspecified atom stereocenters. The maximum atomic E-state index is 5.75. The van der Waals surface area contributed by atoms with Crippen molar-refractivity contribution in [1.29, 1.82) is 0 Å². The largest absolute Gasteiger partial charge is 0.486 e. The van der Waals surface area contributed by atoms with E-state index in [1.807, 2.05) is 6.07 Å². The summed E-state index contributed by atoms with van der Waals surface area (Å²) < 4.78 is 11.4. The second-order valence-corrected chi connectivity index (χ2v) is 8.08. The van der Waals surface area contributed by atoms with Crippen molar-refractivity contribution in [3.05, 3.63) is 35.9 Å². The van der Waals surface area contributed by atoms with Crippen LogP contribution in [0, 0.1) is 5.92 Å². The fraction of sp³-hybridized carbons (Fsp3) is 0.619. The second-order valence-electron chi connectivity index (χ2n) is 8.08. The number of ether oxygens (including phenoxy) is 2. The van der Waals surface area contributed by atoms with E-state index >= 15 is 0 Å². The lowest BCUT2D eigenvalue weighted by Crippen LogP contribution is -2.44. The number of nitrogens with zero attached hydrogens (tertiary/aromatic N) is 1. The van der Waals surface area contributed by atoms with Crippen LogP contribution in [0.1, 0.15) is 31.4 Å². The van der Waals surface area contributed by atoms with E-state index in [0.717, 1.165) is 44.2 Å². The Bertz CT molecular complexity index is 658. The van der Waals surface area contributed by atoms with Gasteiger partial charge in [0.25, 0.3) is 0 Å². The molecule has 0 saturated carbocycles. The summed E-state index contributed by atoms with van der Waals surface area (Å²) in [6.45, 7) is 12.8. The molecule has 1 aromatic carbocycles. The molecule has 3 aliphatic rings. The van der Waals surface area contributed by atoms with Gasteiger partial charge in [-0.1, -0.05) is 18.2 Å². The van der Waals surface area contributed by atoms with E-state index < -0.39 is 0 Å². The van der Waals surface area contributed by atoms with Crippen LogP contribution in [-0.4, -0.2) is 56.9 Å². The highest BCUT2D eigenvalue weighted by Crippen LogP contribution is 2.35. The normalized spacial score (nSPS) is 26.3. The summed E-state index contributed by atoms with van der Waals surface area (Å²) in [5.41, 5.74) is 9.29.